The number of methoxy groups -OCH3 is 1. The number of hydrogen-bond acceptors (Lipinski definition) is 5. The number of likely N-dealkylation sites (tertiary alicyclic amines) is 1. The Bertz CT molecular complexity index is 1480. The van der Waals surface area contributed by atoms with Gasteiger partial charge < -0.3 is 15.0 Å². The van der Waals surface area contributed by atoms with Gasteiger partial charge in [0, 0.05) is 22.9 Å². The molecule has 4 unspecified atom stereocenters. The molecule has 1 fully saturated rings. The molecule has 1 N–H and O–H groups in total. The normalized spacial score (nSPS) is 20.2. The summed E-state index contributed by atoms with van der Waals surface area (Å²) in [6.45, 7) is 0.0856. The van der Waals surface area contributed by atoms with E-state index in [9.17, 15) is 23.2 Å². The van der Waals surface area contributed by atoms with Crippen LogP contribution in [0.3, 0.4) is 0 Å². The Hall–Kier alpha value is -4.37. The number of nitrogens with one attached hydrogen (secondary N) is 1. The number of carbonyl (C=O) groups is 3. The summed E-state index contributed by atoms with van der Waals surface area (Å²) in [5, 5.41) is 4.72. The number of hydrogen-bond donors (Lipinski definition) is 1. The van der Waals surface area contributed by atoms with E-state index in [2.05, 4.69) is 5.32 Å². The molecule has 0 aliphatic carbocycles. The van der Waals surface area contributed by atoms with Gasteiger partial charge in [-0.05, 0) is 59.0 Å². The van der Waals surface area contributed by atoms with Crippen molar-refractivity contribution >= 4 is 29.1 Å². The Labute approximate surface area is 234 Å². The highest BCUT2D eigenvalue weighted by Gasteiger charge is 2.58. The van der Waals surface area contributed by atoms with Gasteiger partial charge in [0.1, 0.15) is 17.7 Å². The van der Waals surface area contributed by atoms with Crippen LogP contribution >= 0.6 is 11.3 Å². The van der Waals surface area contributed by atoms with Crippen LogP contribution in [0.4, 0.5) is 8.78 Å². The summed E-state index contributed by atoms with van der Waals surface area (Å²) in [4.78, 5) is 43.8. The van der Waals surface area contributed by atoms with E-state index >= 15 is 0 Å². The maximum atomic E-state index is 14.2. The summed E-state index contributed by atoms with van der Waals surface area (Å²) in [6, 6.07) is 21.6. The van der Waals surface area contributed by atoms with Gasteiger partial charge >= 0.3 is 5.97 Å². The van der Waals surface area contributed by atoms with Crippen molar-refractivity contribution in [2.75, 3.05) is 7.11 Å². The second kappa shape index (κ2) is 11.8. The summed E-state index contributed by atoms with van der Waals surface area (Å²) in [7, 11) is 1.28. The van der Waals surface area contributed by atoms with Crippen LogP contribution in [0.2, 0.25) is 0 Å². The Kier molecular flexibility index (Phi) is 8.02. The number of amides is 2. The third-order valence-electron chi connectivity index (χ3n) is 7.13. The van der Waals surface area contributed by atoms with E-state index in [1.54, 1.807) is 12.1 Å². The van der Waals surface area contributed by atoms with E-state index in [0.717, 1.165) is 0 Å². The number of rotatable bonds is 7. The van der Waals surface area contributed by atoms with Crippen molar-refractivity contribution < 1.29 is 27.9 Å². The summed E-state index contributed by atoms with van der Waals surface area (Å²) < 4.78 is 32.4. The quantitative estimate of drug-likeness (QED) is 0.304. The van der Waals surface area contributed by atoms with Crippen LogP contribution in [0.15, 0.2) is 96.4 Å². The number of nitrogens with zero attached hydrogens (tertiary/aromatic N) is 1. The Morgan fingerprint density at radius 2 is 1.52 bits per heavy atom. The minimum Gasteiger partial charge on any atom is -0.469 e. The molecule has 1 aromatic heterocycles. The molecular formula is C31H26F2N2O4S. The molecule has 6 nitrogen and oxygen atoms in total. The highest BCUT2D eigenvalue weighted by atomic mass is 32.1. The summed E-state index contributed by atoms with van der Waals surface area (Å²) in [5.41, 5.74) is 1.53. The average Bonchev–Trinajstić information content (AvgIpc) is 3.63. The lowest BCUT2D eigenvalue weighted by molar-refractivity contribution is -0.146. The largest absolute Gasteiger partial charge is 0.469 e. The van der Waals surface area contributed by atoms with Crippen molar-refractivity contribution in [2.24, 2.45) is 5.92 Å². The topological polar surface area (TPSA) is 75.7 Å². The molecule has 1 saturated heterocycles. The van der Waals surface area contributed by atoms with Gasteiger partial charge in [0.05, 0.1) is 19.1 Å². The fourth-order valence-corrected chi connectivity index (χ4v) is 6.21. The maximum Gasteiger partial charge on any atom is 0.311 e. The van der Waals surface area contributed by atoms with E-state index < -0.39 is 53.3 Å². The van der Waals surface area contributed by atoms with Crippen molar-refractivity contribution in [1.82, 2.24) is 10.2 Å². The fourth-order valence-electron chi connectivity index (χ4n) is 5.34. The number of esters is 1. The summed E-state index contributed by atoms with van der Waals surface area (Å²) in [6.07, 6.45) is 0. The smallest absolute Gasteiger partial charge is 0.311 e. The summed E-state index contributed by atoms with van der Waals surface area (Å²) >= 11 is 1.36. The number of halogens is 2. The minimum absolute atomic E-state index is 0.0856. The first-order valence-corrected chi connectivity index (χ1v) is 13.5. The molecule has 0 radical (unpaired) electrons. The molecule has 0 saturated carbocycles. The van der Waals surface area contributed by atoms with Crippen LogP contribution in [0, 0.1) is 17.6 Å². The van der Waals surface area contributed by atoms with Crippen LogP contribution in [-0.4, -0.2) is 35.8 Å². The summed E-state index contributed by atoms with van der Waals surface area (Å²) in [5.74, 6) is -4.12. The van der Waals surface area contributed by atoms with Crippen molar-refractivity contribution in [3.8, 4) is 0 Å². The zero-order valence-corrected chi connectivity index (χ0v) is 22.3. The van der Waals surface area contributed by atoms with E-state index in [1.165, 1.54) is 59.7 Å². The van der Waals surface area contributed by atoms with Crippen molar-refractivity contribution in [3.05, 3.63) is 130 Å². The molecule has 40 heavy (non-hydrogen) atoms. The van der Waals surface area contributed by atoms with Gasteiger partial charge in [-0.1, -0.05) is 48.5 Å². The van der Waals surface area contributed by atoms with Crippen LogP contribution in [-0.2, 0) is 20.9 Å². The first kappa shape index (κ1) is 27.2. The molecule has 0 spiro atoms. The Balaban J connectivity index is 1.64. The lowest BCUT2D eigenvalue weighted by Gasteiger charge is -2.31. The molecule has 2 amide bonds. The molecule has 3 aromatic carbocycles. The van der Waals surface area contributed by atoms with Crippen molar-refractivity contribution in [2.45, 2.75) is 24.5 Å². The van der Waals surface area contributed by atoms with Gasteiger partial charge in [0.2, 0.25) is 5.91 Å². The van der Waals surface area contributed by atoms with E-state index in [-0.39, 0.29) is 12.1 Å². The van der Waals surface area contributed by atoms with E-state index in [1.807, 2.05) is 47.8 Å². The van der Waals surface area contributed by atoms with E-state index in [0.29, 0.717) is 16.0 Å². The third kappa shape index (κ3) is 5.37. The van der Waals surface area contributed by atoms with Gasteiger partial charge in [-0.3, -0.25) is 14.4 Å². The highest BCUT2D eigenvalue weighted by Crippen LogP contribution is 2.52. The number of benzene rings is 3. The molecule has 0 bridgehead atoms. The van der Waals surface area contributed by atoms with Crippen LogP contribution in [0.5, 0.6) is 0 Å². The zero-order valence-electron chi connectivity index (χ0n) is 21.5. The molecule has 2 heterocycles. The first-order valence-electron chi connectivity index (χ1n) is 12.7. The van der Waals surface area contributed by atoms with Crippen molar-refractivity contribution in [1.29, 1.82) is 0 Å². The Morgan fingerprint density at radius 1 is 0.875 bits per heavy atom. The monoisotopic (exact) mass is 560 g/mol. The zero-order chi connectivity index (χ0) is 28.2. The molecule has 5 rings (SSSR count). The molecule has 1 aliphatic heterocycles. The Morgan fingerprint density at radius 3 is 2.12 bits per heavy atom. The lowest BCUT2D eigenvalue weighted by Crippen LogP contribution is -2.48. The second-order valence-corrected chi connectivity index (χ2v) is 10.4. The maximum absolute atomic E-state index is 14.2. The molecule has 9 heteroatoms. The van der Waals surface area contributed by atoms with E-state index in [4.69, 9.17) is 4.74 Å². The SMILES string of the molecule is COC(=O)C1C(c2ccccc2)C(C(=O)NCc2ccc(F)cc2)N(C(=O)c2ccc(F)cc2)C1c1cccs1. The lowest BCUT2D eigenvalue weighted by atomic mass is 9.81. The number of thiophene rings is 1. The average molecular weight is 561 g/mol. The molecular weight excluding hydrogens is 534 g/mol. The van der Waals surface area contributed by atoms with Gasteiger partial charge in [-0.25, -0.2) is 8.78 Å². The highest BCUT2D eigenvalue weighted by molar-refractivity contribution is 7.10. The van der Waals surface area contributed by atoms with Crippen LogP contribution in [0.25, 0.3) is 0 Å². The van der Waals surface area contributed by atoms with Gasteiger partial charge in [0.15, 0.2) is 0 Å². The van der Waals surface area contributed by atoms with Gasteiger partial charge in [0.25, 0.3) is 5.91 Å². The van der Waals surface area contributed by atoms with Gasteiger partial charge in [-0.15, -0.1) is 11.3 Å². The predicted octanol–water partition coefficient (Wildman–Crippen LogP) is 5.48. The number of carbonyl (C=O) groups excluding carboxylic acids is 3. The number of ether oxygens (including phenoxy) is 1. The van der Waals surface area contributed by atoms with Crippen LogP contribution < -0.4 is 5.32 Å². The van der Waals surface area contributed by atoms with Gasteiger partial charge in [-0.2, -0.15) is 0 Å². The first-order chi connectivity index (χ1) is 19.4. The molecule has 1 aliphatic rings. The standard InChI is InChI=1S/C31H26F2N2O4S/c1-39-31(38)26-25(20-6-3-2-4-7-20)28(29(36)34-18-19-9-13-22(32)14-10-19)35(27(26)24-8-5-17-40-24)30(37)21-11-15-23(33)16-12-21/h2-17,25-28H,18H2,1H3,(H,34,36). The molecule has 4 aromatic rings. The third-order valence-corrected chi connectivity index (χ3v) is 8.08. The minimum atomic E-state index is -1.11. The van der Waals surface area contributed by atoms with Crippen LogP contribution in [0.1, 0.15) is 38.3 Å². The second-order valence-electron chi connectivity index (χ2n) is 9.45. The molecule has 4 atom stereocenters. The predicted molar refractivity (Wildman–Crippen MR) is 146 cm³/mol. The van der Waals surface area contributed by atoms with Crippen molar-refractivity contribution in [3.63, 3.8) is 0 Å². The fraction of sp³-hybridized carbons (Fsp3) is 0.194. The molecule has 204 valence electrons.